The molecule has 5 amide bonds. The number of imide groups is 1. The SMILES string of the molecule is CCC[C@]12CCCN1C(=O)N([C@@H]1CCN(C(=O)NCC)C1)C2=O. The van der Waals surface area contributed by atoms with Crippen LogP contribution in [0.2, 0.25) is 0 Å². The molecule has 7 nitrogen and oxygen atoms in total. The Bertz CT molecular complexity index is 523. The van der Waals surface area contributed by atoms with Crippen LogP contribution in [0, 0.1) is 0 Å². The van der Waals surface area contributed by atoms with Crippen molar-refractivity contribution in [3.05, 3.63) is 0 Å². The number of carbonyl (C=O) groups is 3. The summed E-state index contributed by atoms with van der Waals surface area (Å²) in [5.41, 5.74) is -0.606. The summed E-state index contributed by atoms with van der Waals surface area (Å²) in [5.74, 6) is -0.0374. The van der Waals surface area contributed by atoms with Crippen LogP contribution >= 0.6 is 0 Å². The Morgan fingerprint density at radius 1 is 1.30 bits per heavy atom. The van der Waals surface area contributed by atoms with Crippen molar-refractivity contribution in [1.29, 1.82) is 0 Å². The largest absolute Gasteiger partial charge is 0.338 e. The van der Waals surface area contributed by atoms with Crippen molar-refractivity contribution in [2.75, 3.05) is 26.2 Å². The molecular weight excluding hydrogens is 296 g/mol. The number of hydrogen-bond acceptors (Lipinski definition) is 3. The topological polar surface area (TPSA) is 73.0 Å². The van der Waals surface area contributed by atoms with E-state index in [4.69, 9.17) is 0 Å². The minimum absolute atomic E-state index is 0.0374. The molecule has 3 saturated heterocycles. The van der Waals surface area contributed by atoms with Gasteiger partial charge in [-0.15, -0.1) is 0 Å². The molecule has 3 aliphatic rings. The zero-order chi connectivity index (χ0) is 16.6. The Labute approximate surface area is 137 Å². The number of rotatable bonds is 4. The lowest BCUT2D eigenvalue weighted by atomic mass is 9.90. The summed E-state index contributed by atoms with van der Waals surface area (Å²) >= 11 is 0. The van der Waals surface area contributed by atoms with Gasteiger partial charge in [-0.05, 0) is 32.6 Å². The van der Waals surface area contributed by atoms with E-state index in [9.17, 15) is 14.4 Å². The van der Waals surface area contributed by atoms with Crippen LogP contribution in [-0.4, -0.2) is 70.4 Å². The van der Waals surface area contributed by atoms with Gasteiger partial charge in [0, 0.05) is 26.2 Å². The molecule has 0 aliphatic carbocycles. The molecule has 128 valence electrons. The molecular formula is C16H26N4O3. The summed E-state index contributed by atoms with van der Waals surface area (Å²) in [6, 6.07) is -0.446. The van der Waals surface area contributed by atoms with E-state index in [-0.39, 0.29) is 24.0 Å². The van der Waals surface area contributed by atoms with Crippen LogP contribution in [0.4, 0.5) is 9.59 Å². The Kier molecular flexibility index (Phi) is 4.21. The molecule has 0 spiro atoms. The van der Waals surface area contributed by atoms with Crippen LogP contribution in [0.15, 0.2) is 0 Å². The van der Waals surface area contributed by atoms with Gasteiger partial charge in [-0.2, -0.15) is 0 Å². The van der Waals surface area contributed by atoms with Crippen LogP contribution in [0.1, 0.15) is 46.0 Å². The first-order valence-electron chi connectivity index (χ1n) is 8.73. The van der Waals surface area contributed by atoms with E-state index in [0.29, 0.717) is 32.6 Å². The molecule has 3 heterocycles. The number of likely N-dealkylation sites (tertiary alicyclic amines) is 1. The van der Waals surface area contributed by atoms with Crippen LogP contribution in [0.3, 0.4) is 0 Å². The zero-order valence-corrected chi connectivity index (χ0v) is 14.0. The van der Waals surface area contributed by atoms with Crippen LogP contribution in [-0.2, 0) is 4.79 Å². The lowest BCUT2D eigenvalue weighted by Crippen LogP contribution is -2.47. The quantitative estimate of drug-likeness (QED) is 0.795. The second-order valence-electron chi connectivity index (χ2n) is 6.72. The fourth-order valence-electron chi connectivity index (χ4n) is 4.32. The maximum absolute atomic E-state index is 13.0. The molecule has 3 aliphatic heterocycles. The predicted octanol–water partition coefficient (Wildman–Crippen LogP) is 1.39. The van der Waals surface area contributed by atoms with E-state index in [1.54, 1.807) is 9.80 Å². The van der Waals surface area contributed by atoms with E-state index in [1.807, 2.05) is 6.92 Å². The maximum Gasteiger partial charge on any atom is 0.327 e. The van der Waals surface area contributed by atoms with Crippen molar-refractivity contribution in [3.8, 4) is 0 Å². The number of nitrogens with zero attached hydrogens (tertiary/aromatic N) is 3. The minimum atomic E-state index is -0.606. The van der Waals surface area contributed by atoms with Crippen molar-refractivity contribution in [1.82, 2.24) is 20.0 Å². The number of nitrogens with one attached hydrogen (secondary N) is 1. The minimum Gasteiger partial charge on any atom is -0.338 e. The third-order valence-corrected chi connectivity index (χ3v) is 5.35. The van der Waals surface area contributed by atoms with Gasteiger partial charge in [0.25, 0.3) is 5.91 Å². The molecule has 2 atom stereocenters. The summed E-state index contributed by atoms with van der Waals surface area (Å²) in [6.07, 6.45) is 3.97. The van der Waals surface area contributed by atoms with Crippen molar-refractivity contribution >= 4 is 18.0 Å². The maximum atomic E-state index is 13.0. The number of carbonyl (C=O) groups excluding carboxylic acids is 3. The summed E-state index contributed by atoms with van der Waals surface area (Å²) < 4.78 is 0. The van der Waals surface area contributed by atoms with E-state index >= 15 is 0 Å². The van der Waals surface area contributed by atoms with Gasteiger partial charge >= 0.3 is 12.1 Å². The number of amides is 5. The lowest BCUT2D eigenvalue weighted by molar-refractivity contribution is -0.134. The second-order valence-corrected chi connectivity index (χ2v) is 6.72. The molecule has 23 heavy (non-hydrogen) atoms. The molecule has 0 saturated carbocycles. The Morgan fingerprint density at radius 3 is 2.78 bits per heavy atom. The van der Waals surface area contributed by atoms with Gasteiger partial charge in [0.05, 0.1) is 6.04 Å². The predicted molar refractivity (Wildman–Crippen MR) is 84.9 cm³/mol. The highest BCUT2D eigenvalue weighted by Crippen LogP contribution is 2.42. The van der Waals surface area contributed by atoms with Crippen molar-refractivity contribution in [3.63, 3.8) is 0 Å². The Balaban J connectivity index is 1.76. The van der Waals surface area contributed by atoms with Crippen molar-refractivity contribution < 1.29 is 14.4 Å². The lowest BCUT2D eigenvalue weighted by Gasteiger charge is -2.27. The normalized spacial score (nSPS) is 30.3. The first kappa shape index (κ1) is 16.1. The molecule has 0 aromatic rings. The van der Waals surface area contributed by atoms with Crippen LogP contribution in [0.5, 0.6) is 0 Å². The van der Waals surface area contributed by atoms with E-state index in [0.717, 1.165) is 25.7 Å². The smallest absolute Gasteiger partial charge is 0.327 e. The van der Waals surface area contributed by atoms with Crippen LogP contribution < -0.4 is 5.32 Å². The summed E-state index contributed by atoms with van der Waals surface area (Å²) in [7, 11) is 0. The molecule has 7 heteroatoms. The van der Waals surface area contributed by atoms with E-state index < -0.39 is 5.54 Å². The monoisotopic (exact) mass is 322 g/mol. The Hall–Kier alpha value is -1.79. The van der Waals surface area contributed by atoms with Gasteiger partial charge in [-0.25, -0.2) is 9.59 Å². The molecule has 3 fully saturated rings. The molecule has 0 radical (unpaired) electrons. The first-order chi connectivity index (χ1) is 11.0. The van der Waals surface area contributed by atoms with Gasteiger partial charge in [-0.1, -0.05) is 13.3 Å². The first-order valence-corrected chi connectivity index (χ1v) is 8.73. The van der Waals surface area contributed by atoms with Gasteiger partial charge in [0.2, 0.25) is 0 Å². The third kappa shape index (κ3) is 2.37. The summed E-state index contributed by atoms with van der Waals surface area (Å²) in [5, 5.41) is 2.78. The zero-order valence-electron chi connectivity index (χ0n) is 14.0. The third-order valence-electron chi connectivity index (χ3n) is 5.35. The molecule has 0 aromatic carbocycles. The fraction of sp³-hybridized carbons (Fsp3) is 0.812. The second kappa shape index (κ2) is 6.02. The van der Waals surface area contributed by atoms with Gasteiger partial charge < -0.3 is 15.1 Å². The summed E-state index contributed by atoms with van der Waals surface area (Å²) in [6.45, 7) is 6.22. The highest BCUT2D eigenvalue weighted by atomic mass is 16.2. The molecule has 3 rings (SSSR count). The van der Waals surface area contributed by atoms with Gasteiger partial charge in [0.1, 0.15) is 5.54 Å². The average Bonchev–Trinajstić information content (AvgIpc) is 3.19. The number of urea groups is 2. The molecule has 0 aromatic heterocycles. The molecule has 0 unspecified atom stereocenters. The van der Waals surface area contributed by atoms with Crippen molar-refractivity contribution in [2.24, 2.45) is 0 Å². The van der Waals surface area contributed by atoms with E-state index in [2.05, 4.69) is 12.2 Å². The average molecular weight is 322 g/mol. The van der Waals surface area contributed by atoms with Gasteiger partial charge in [0.15, 0.2) is 0 Å². The Morgan fingerprint density at radius 2 is 2.09 bits per heavy atom. The van der Waals surface area contributed by atoms with Crippen molar-refractivity contribution in [2.45, 2.75) is 57.5 Å². The van der Waals surface area contributed by atoms with Crippen LogP contribution in [0.25, 0.3) is 0 Å². The number of hydrogen-bond donors (Lipinski definition) is 1. The highest BCUT2D eigenvalue weighted by Gasteiger charge is 2.60. The summed E-state index contributed by atoms with van der Waals surface area (Å²) in [4.78, 5) is 42.7. The molecule has 1 N–H and O–H groups in total. The fourth-order valence-corrected chi connectivity index (χ4v) is 4.32. The standard InChI is InChI=1S/C16H26N4O3/c1-3-7-16-8-5-9-19(16)15(23)20(13(16)21)12-6-10-18(11-12)14(22)17-4-2/h12H,3-11H2,1-2H3,(H,17,22)/t12-,16-/m1/s1. The van der Waals surface area contributed by atoms with E-state index in [1.165, 1.54) is 4.90 Å². The van der Waals surface area contributed by atoms with Gasteiger partial charge in [-0.3, -0.25) is 9.69 Å². The molecule has 0 bridgehead atoms. The number of fused-ring (bicyclic) bond motifs is 1. The highest BCUT2D eigenvalue weighted by molar-refractivity contribution is 6.07.